The van der Waals surface area contributed by atoms with Gasteiger partial charge in [-0.3, -0.25) is 0 Å². The predicted octanol–water partition coefficient (Wildman–Crippen LogP) is 3.53. The van der Waals surface area contributed by atoms with Crippen molar-refractivity contribution < 1.29 is 24.8 Å². The summed E-state index contributed by atoms with van der Waals surface area (Å²) < 4.78 is 12.1. The molecular formula is C20H20O5. The summed E-state index contributed by atoms with van der Waals surface area (Å²) in [6.45, 7) is 3.99. The van der Waals surface area contributed by atoms with E-state index in [0.29, 0.717) is 29.0 Å². The molecule has 3 N–H and O–H groups in total. The van der Waals surface area contributed by atoms with Gasteiger partial charge in [0.25, 0.3) is 0 Å². The first-order valence-corrected chi connectivity index (χ1v) is 8.28. The Labute approximate surface area is 145 Å². The number of ether oxygens (including phenoxy) is 2. The summed E-state index contributed by atoms with van der Waals surface area (Å²) in [4.78, 5) is 0. The van der Waals surface area contributed by atoms with E-state index >= 15 is 0 Å². The third-order valence-corrected chi connectivity index (χ3v) is 4.71. The van der Waals surface area contributed by atoms with Crippen molar-refractivity contribution in [3.05, 3.63) is 58.7 Å². The largest absolute Gasteiger partial charge is 0.508 e. The minimum atomic E-state index is -0.886. The Hall–Kier alpha value is -2.66. The van der Waals surface area contributed by atoms with Crippen LogP contribution in [0.25, 0.3) is 0 Å². The highest BCUT2D eigenvalue weighted by atomic mass is 16.5. The Kier molecular flexibility index (Phi) is 3.62. The summed E-state index contributed by atoms with van der Waals surface area (Å²) >= 11 is 0. The fourth-order valence-electron chi connectivity index (χ4n) is 3.42. The lowest BCUT2D eigenvalue weighted by atomic mass is 9.87. The van der Waals surface area contributed by atoms with Crippen LogP contribution in [0.15, 0.2) is 42.0 Å². The number of aliphatic hydroxyl groups is 1. The second-order valence-electron chi connectivity index (χ2n) is 6.76. The molecule has 1 unspecified atom stereocenters. The molecule has 2 aromatic rings. The van der Waals surface area contributed by atoms with Crippen LogP contribution in [0, 0.1) is 0 Å². The van der Waals surface area contributed by atoms with Gasteiger partial charge in [0.05, 0.1) is 0 Å². The van der Waals surface area contributed by atoms with Crippen molar-refractivity contribution in [2.24, 2.45) is 0 Å². The van der Waals surface area contributed by atoms with Crippen LogP contribution in [-0.2, 0) is 6.42 Å². The highest BCUT2D eigenvalue weighted by Gasteiger charge is 2.45. The monoisotopic (exact) mass is 340 g/mol. The van der Waals surface area contributed by atoms with Crippen molar-refractivity contribution in [1.82, 2.24) is 0 Å². The molecule has 0 radical (unpaired) electrons. The summed E-state index contributed by atoms with van der Waals surface area (Å²) in [7, 11) is 0. The van der Waals surface area contributed by atoms with Crippen LogP contribution in [0.5, 0.6) is 23.0 Å². The number of aromatic hydroxyl groups is 2. The molecule has 2 heterocycles. The number of phenols is 2. The molecular weight excluding hydrogens is 320 g/mol. The Balaban J connectivity index is 1.84. The third kappa shape index (κ3) is 2.51. The number of hydrogen-bond acceptors (Lipinski definition) is 5. The van der Waals surface area contributed by atoms with Crippen molar-refractivity contribution in [3.63, 3.8) is 0 Å². The molecule has 0 saturated heterocycles. The molecule has 2 aromatic carbocycles. The lowest BCUT2D eigenvalue weighted by molar-refractivity contribution is -0.0773. The van der Waals surface area contributed by atoms with Crippen molar-refractivity contribution in [2.45, 2.75) is 38.6 Å². The molecule has 0 spiro atoms. The van der Waals surface area contributed by atoms with E-state index in [4.69, 9.17) is 9.47 Å². The smallest absolute Gasteiger partial charge is 0.157 e. The summed E-state index contributed by atoms with van der Waals surface area (Å²) in [6, 6.07) is 8.11. The van der Waals surface area contributed by atoms with Crippen LogP contribution in [0.1, 0.15) is 42.7 Å². The topological polar surface area (TPSA) is 79.2 Å². The summed E-state index contributed by atoms with van der Waals surface area (Å²) in [5.74, 6) is 1.37. The van der Waals surface area contributed by atoms with Gasteiger partial charge in [0.15, 0.2) is 12.2 Å². The van der Waals surface area contributed by atoms with E-state index in [0.717, 1.165) is 11.1 Å². The van der Waals surface area contributed by atoms with Gasteiger partial charge < -0.3 is 24.8 Å². The van der Waals surface area contributed by atoms with Gasteiger partial charge in [-0.15, -0.1) is 0 Å². The molecule has 5 nitrogen and oxygen atoms in total. The zero-order chi connectivity index (χ0) is 17.7. The van der Waals surface area contributed by atoms with Crippen molar-refractivity contribution >= 4 is 0 Å². The molecule has 3 atom stereocenters. The van der Waals surface area contributed by atoms with Crippen LogP contribution in [-0.4, -0.2) is 21.4 Å². The van der Waals surface area contributed by atoms with E-state index in [1.165, 1.54) is 0 Å². The van der Waals surface area contributed by atoms with E-state index in [1.807, 2.05) is 19.9 Å². The number of allylic oxidation sites excluding steroid dienone is 2. The standard InChI is InChI=1S/C20H20O5/c1-10(2)3-5-12-15(22)7-6-13-18(12)25-20-14-9-11(21)4-8-16(14)24-19(13)17(20)23/h3-4,6-9,17,19-23H,5H2,1-2H3/t17?,19-,20-/m1/s1. The summed E-state index contributed by atoms with van der Waals surface area (Å²) in [5.41, 5.74) is 3.13. The molecule has 0 fully saturated rings. The van der Waals surface area contributed by atoms with Crippen molar-refractivity contribution in [3.8, 4) is 23.0 Å². The normalized spacial score (nSPS) is 22.9. The molecule has 0 aliphatic carbocycles. The first-order valence-electron chi connectivity index (χ1n) is 8.28. The van der Waals surface area contributed by atoms with Crippen molar-refractivity contribution in [2.75, 3.05) is 0 Å². The summed E-state index contributed by atoms with van der Waals surface area (Å²) in [6.07, 6.45) is 0.431. The van der Waals surface area contributed by atoms with Gasteiger partial charge >= 0.3 is 0 Å². The van der Waals surface area contributed by atoms with Gasteiger partial charge in [0.1, 0.15) is 29.1 Å². The minimum Gasteiger partial charge on any atom is -0.508 e. The molecule has 130 valence electrons. The number of benzene rings is 2. The van der Waals surface area contributed by atoms with Gasteiger partial charge in [-0.05, 0) is 50.6 Å². The maximum atomic E-state index is 10.6. The van der Waals surface area contributed by atoms with E-state index in [9.17, 15) is 15.3 Å². The SMILES string of the molecule is CC(C)=CCc1c(O)ccc2c1O[C@@H]1c3cc(O)ccc3O[C@H]2C1O. The van der Waals surface area contributed by atoms with E-state index in [-0.39, 0.29) is 11.5 Å². The maximum Gasteiger partial charge on any atom is 0.157 e. The molecule has 0 amide bonds. The highest BCUT2D eigenvalue weighted by Crippen LogP contribution is 2.52. The highest BCUT2D eigenvalue weighted by molar-refractivity contribution is 5.56. The molecule has 0 aromatic heterocycles. The van der Waals surface area contributed by atoms with Gasteiger partial charge in [-0.1, -0.05) is 11.6 Å². The lowest BCUT2D eigenvalue weighted by Gasteiger charge is -2.42. The fourth-order valence-corrected chi connectivity index (χ4v) is 3.42. The number of rotatable bonds is 2. The minimum absolute atomic E-state index is 0.0862. The zero-order valence-corrected chi connectivity index (χ0v) is 14.1. The number of aliphatic hydroxyl groups excluding tert-OH is 1. The first-order chi connectivity index (χ1) is 12.0. The quantitative estimate of drug-likeness (QED) is 0.729. The second kappa shape index (κ2) is 5.70. The Morgan fingerprint density at radius 3 is 2.56 bits per heavy atom. The third-order valence-electron chi connectivity index (χ3n) is 4.71. The van der Waals surface area contributed by atoms with Crippen molar-refractivity contribution in [1.29, 1.82) is 0 Å². The predicted molar refractivity (Wildman–Crippen MR) is 92.1 cm³/mol. The van der Waals surface area contributed by atoms with Gasteiger partial charge in [-0.25, -0.2) is 0 Å². The maximum absolute atomic E-state index is 10.6. The van der Waals surface area contributed by atoms with E-state index in [2.05, 4.69) is 0 Å². The Morgan fingerprint density at radius 2 is 1.80 bits per heavy atom. The van der Waals surface area contributed by atoms with Gasteiger partial charge in [0.2, 0.25) is 0 Å². The first kappa shape index (κ1) is 15.8. The average Bonchev–Trinajstić information content (AvgIpc) is 2.55. The molecule has 5 heteroatoms. The molecule has 4 rings (SSSR count). The molecule has 0 saturated carbocycles. The zero-order valence-electron chi connectivity index (χ0n) is 14.1. The number of hydrogen-bond donors (Lipinski definition) is 3. The van der Waals surface area contributed by atoms with Crippen LogP contribution in [0.2, 0.25) is 0 Å². The van der Waals surface area contributed by atoms with Gasteiger partial charge in [0, 0.05) is 16.7 Å². The van der Waals surface area contributed by atoms with Crippen LogP contribution in [0.3, 0.4) is 0 Å². The average molecular weight is 340 g/mol. The fraction of sp³-hybridized carbons (Fsp3) is 0.300. The molecule has 25 heavy (non-hydrogen) atoms. The summed E-state index contributed by atoms with van der Waals surface area (Å²) in [5, 5.41) is 30.7. The number of phenolic OH excluding ortho intramolecular Hbond substituents is 2. The molecule has 2 bridgehead atoms. The van der Waals surface area contributed by atoms with Crippen LogP contribution in [0.4, 0.5) is 0 Å². The van der Waals surface area contributed by atoms with Crippen LogP contribution < -0.4 is 9.47 Å². The van der Waals surface area contributed by atoms with E-state index in [1.54, 1.807) is 30.3 Å². The van der Waals surface area contributed by atoms with Gasteiger partial charge in [-0.2, -0.15) is 0 Å². The Bertz CT molecular complexity index is 867. The van der Waals surface area contributed by atoms with Crippen LogP contribution >= 0.6 is 0 Å². The Morgan fingerprint density at radius 1 is 1.04 bits per heavy atom. The lowest BCUT2D eigenvalue weighted by Crippen LogP contribution is -2.41. The molecule has 2 aliphatic heterocycles. The second-order valence-corrected chi connectivity index (χ2v) is 6.76. The molecule has 2 aliphatic rings. The number of fused-ring (bicyclic) bond motifs is 6. The van der Waals surface area contributed by atoms with E-state index < -0.39 is 18.3 Å².